The van der Waals surface area contributed by atoms with E-state index in [2.05, 4.69) is 29.1 Å². The first kappa shape index (κ1) is 15.4. The summed E-state index contributed by atoms with van der Waals surface area (Å²) < 4.78 is 14.0. The van der Waals surface area contributed by atoms with Gasteiger partial charge in [0.25, 0.3) is 0 Å². The van der Waals surface area contributed by atoms with Crippen LogP contribution in [0.4, 0.5) is 4.39 Å². The predicted molar refractivity (Wildman–Crippen MR) is 81.1 cm³/mol. The molecule has 1 N–H and O–H groups in total. The molecule has 1 saturated heterocycles. The normalized spacial score (nSPS) is 21.3. The van der Waals surface area contributed by atoms with Crippen molar-refractivity contribution in [2.24, 2.45) is 0 Å². The van der Waals surface area contributed by atoms with Crippen molar-refractivity contribution in [2.45, 2.75) is 32.5 Å². The van der Waals surface area contributed by atoms with Crippen LogP contribution in [0, 0.1) is 5.82 Å². The van der Waals surface area contributed by atoms with Crippen molar-refractivity contribution >= 4 is 0 Å². The largest absolute Gasteiger partial charge is 0.316 e. The van der Waals surface area contributed by atoms with Crippen molar-refractivity contribution in [3.63, 3.8) is 0 Å². The van der Waals surface area contributed by atoms with Crippen LogP contribution in [0.3, 0.4) is 0 Å². The van der Waals surface area contributed by atoms with E-state index in [-0.39, 0.29) is 5.82 Å². The van der Waals surface area contributed by atoms with Crippen LogP contribution in [0.2, 0.25) is 0 Å². The van der Waals surface area contributed by atoms with Gasteiger partial charge in [-0.05, 0) is 32.1 Å². The first-order valence-electron chi connectivity index (χ1n) is 7.48. The molecule has 1 aliphatic rings. The lowest BCUT2D eigenvalue weighted by Crippen LogP contribution is -2.50. The van der Waals surface area contributed by atoms with Crippen LogP contribution < -0.4 is 5.32 Å². The number of hydrogen-bond donors (Lipinski definition) is 1. The fourth-order valence-electron chi connectivity index (χ4n) is 2.90. The highest BCUT2D eigenvalue weighted by Crippen LogP contribution is 2.17. The van der Waals surface area contributed by atoms with Gasteiger partial charge in [-0.1, -0.05) is 19.1 Å². The molecule has 0 saturated carbocycles. The first-order valence-corrected chi connectivity index (χ1v) is 7.48. The van der Waals surface area contributed by atoms with Crippen LogP contribution in [-0.4, -0.2) is 49.6 Å². The summed E-state index contributed by atoms with van der Waals surface area (Å²) in [7, 11) is 4.09. The Hall–Kier alpha value is -0.970. The Kier molecular flexibility index (Phi) is 5.52. The molecule has 20 heavy (non-hydrogen) atoms. The molecule has 0 aliphatic carbocycles. The summed E-state index contributed by atoms with van der Waals surface area (Å²) in [6.45, 7) is 6.84. The Bertz CT molecular complexity index is 436. The SMILES string of the molecule is CCC1CN(Cc2cc(CNC)ccc2F)CCN1C. The fourth-order valence-corrected chi connectivity index (χ4v) is 2.90. The van der Waals surface area contributed by atoms with Crippen molar-refractivity contribution in [1.82, 2.24) is 15.1 Å². The van der Waals surface area contributed by atoms with Crippen LogP contribution in [0.5, 0.6) is 0 Å². The third-order valence-electron chi connectivity index (χ3n) is 4.22. The second kappa shape index (κ2) is 7.16. The van der Waals surface area contributed by atoms with Crippen LogP contribution in [-0.2, 0) is 13.1 Å². The summed E-state index contributed by atoms with van der Waals surface area (Å²) in [5.74, 6) is -0.0863. The van der Waals surface area contributed by atoms with Crippen LogP contribution in [0.1, 0.15) is 24.5 Å². The van der Waals surface area contributed by atoms with Gasteiger partial charge in [0.2, 0.25) is 0 Å². The lowest BCUT2D eigenvalue weighted by Gasteiger charge is -2.39. The number of nitrogens with one attached hydrogen (secondary N) is 1. The maximum Gasteiger partial charge on any atom is 0.127 e. The van der Waals surface area contributed by atoms with E-state index in [4.69, 9.17) is 0 Å². The average Bonchev–Trinajstić information content (AvgIpc) is 2.45. The Morgan fingerprint density at radius 3 is 2.85 bits per heavy atom. The van der Waals surface area contributed by atoms with Gasteiger partial charge in [0.1, 0.15) is 5.82 Å². The number of rotatable bonds is 5. The number of likely N-dealkylation sites (N-methyl/N-ethyl adjacent to an activating group) is 1. The van der Waals surface area contributed by atoms with E-state index in [1.54, 1.807) is 6.07 Å². The third-order valence-corrected chi connectivity index (χ3v) is 4.22. The van der Waals surface area contributed by atoms with Gasteiger partial charge in [-0.25, -0.2) is 4.39 Å². The minimum atomic E-state index is -0.0863. The molecular weight excluding hydrogens is 253 g/mol. The van der Waals surface area contributed by atoms with Gasteiger partial charge in [0, 0.05) is 44.3 Å². The summed E-state index contributed by atoms with van der Waals surface area (Å²) in [6.07, 6.45) is 1.15. The fraction of sp³-hybridized carbons (Fsp3) is 0.625. The van der Waals surface area contributed by atoms with E-state index in [9.17, 15) is 4.39 Å². The van der Waals surface area contributed by atoms with Gasteiger partial charge in [-0.15, -0.1) is 0 Å². The van der Waals surface area contributed by atoms with E-state index in [0.717, 1.165) is 43.7 Å². The van der Waals surface area contributed by atoms with Gasteiger partial charge in [-0.2, -0.15) is 0 Å². The molecular formula is C16H26FN3. The van der Waals surface area contributed by atoms with Crippen LogP contribution in [0.15, 0.2) is 18.2 Å². The molecule has 0 radical (unpaired) electrons. The second-order valence-electron chi connectivity index (χ2n) is 5.73. The minimum Gasteiger partial charge on any atom is -0.316 e. The minimum absolute atomic E-state index is 0.0863. The quantitative estimate of drug-likeness (QED) is 0.890. The zero-order valence-electron chi connectivity index (χ0n) is 12.8. The van der Waals surface area contributed by atoms with Crippen LogP contribution >= 0.6 is 0 Å². The number of halogens is 1. The van der Waals surface area contributed by atoms with E-state index in [1.807, 2.05) is 19.2 Å². The first-order chi connectivity index (χ1) is 9.63. The van der Waals surface area contributed by atoms with Crippen LogP contribution in [0.25, 0.3) is 0 Å². The molecule has 1 aliphatic heterocycles. The lowest BCUT2D eigenvalue weighted by molar-refractivity contribution is 0.0876. The zero-order chi connectivity index (χ0) is 14.5. The maximum atomic E-state index is 14.0. The Morgan fingerprint density at radius 2 is 2.15 bits per heavy atom. The Morgan fingerprint density at radius 1 is 1.35 bits per heavy atom. The molecule has 1 fully saturated rings. The highest BCUT2D eigenvalue weighted by Gasteiger charge is 2.23. The van der Waals surface area contributed by atoms with Crippen molar-refractivity contribution in [2.75, 3.05) is 33.7 Å². The Balaban J connectivity index is 2.04. The predicted octanol–water partition coefficient (Wildman–Crippen LogP) is 2.07. The summed E-state index contributed by atoms with van der Waals surface area (Å²) >= 11 is 0. The van der Waals surface area contributed by atoms with Crippen molar-refractivity contribution < 1.29 is 4.39 Å². The van der Waals surface area contributed by atoms with E-state index in [1.165, 1.54) is 0 Å². The molecule has 112 valence electrons. The van der Waals surface area contributed by atoms with Gasteiger partial charge in [0.15, 0.2) is 0 Å². The van der Waals surface area contributed by atoms with Gasteiger partial charge in [-0.3, -0.25) is 4.90 Å². The molecule has 1 unspecified atom stereocenters. The monoisotopic (exact) mass is 279 g/mol. The van der Waals surface area contributed by atoms with Gasteiger partial charge >= 0.3 is 0 Å². The topological polar surface area (TPSA) is 18.5 Å². The molecule has 4 heteroatoms. The van der Waals surface area contributed by atoms with Crippen molar-refractivity contribution in [3.05, 3.63) is 35.1 Å². The Labute approximate surface area is 121 Å². The second-order valence-corrected chi connectivity index (χ2v) is 5.73. The highest BCUT2D eigenvalue weighted by molar-refractivity contribution is 5.25. The average molecular weight is 279 g/mol. The molecule has 0 aromatic heterocycles. The molecule has 1 aromatic carbocycles. The summed E-state index contributed by atoms with van der Waals surface area (Å²) in [5.41, 5.74) is 1.96. The summed E-state index contributed by atoms with van der Waals surface area (Å²) in [4.78, 5) is 4.78. The molecule has 2 rings (SSSR count). The molecule has 0 amide bonds. The summed E-state index contributed by atoms with van der Waals surface area (Å²) in [5, 5.41) is 3.11. The summed E-state index contributed by atoms with van der Waals surface area (Å²) in [6, 6.07) is 6.03. The maximum absolute atomic E-state index is 14.0. The highest BCUT2D eigenvalue weighted by atomic mass is 19.1. The van der Waals surface area contributed by atoms with Gasteiger partial charge < -0.3 is 10.2 Å². The van der Waals surface area contributed by atoms with E-state index < -0.39 is 0 Å². The number of benzene rings is 1. The lowest BCUT2D eigenvalue weighted by atomic mass is 10.1. The number of hydrogen-bond acceptors (Lipinski definition) is 3. The smallest absolute Gasteiger partial charge is 0.127 e. The van der Waals surface area contributed by atoms with E-state index in [0.29, 0.717) is 12.6 Å². The standard InChI is InChI=1S/C16H26FN3/c1-4-15-12-20(8-7-19(15)3)11-14-9-13(10-18-2)5-6-16(14)17/h5-6,9,15,18H,4,7-8,10-12H2,1-3H3. The third kappa shape index (κ3) is 3.78. The molecule has 1 aromatic rings. The number of nitrogens with zero attached hydrogens (tertiary/aromatic N) is 2. The number of piperazine rings is 1. The molecule has 1 heterocycles. The molecule has 0 spiro atoms. The molecule has 3 nitrogen and oxygen atoms in total. The van der Waals surface area contributed by atoms with E-state index >= 15 is 0 Å². The van der Waals surface area contributed by atoms with Gasteiger partial charge in [0.05, 0.1) is 0 Å². The molecule has 0 bridgehead atoms. The van der Waals surface area contributed by atoms with Crippen molar-refractivity contribution in [3.8, 4) is 0 Å². The molecule has 1 atom stereocenters. The van der Waals surface area contributed by atoms with Crippen molar-refractivity contribution in [1.29, 1.82) is 0 Å². The zero-order valence-corrected chi connectivity index (χ0v) is 12.8.